The van der Waals surface area contributed by atoms with Crippen molar-refractivity contribution in [3.05, 3.63) is 68.5 Å². The van der Waals surface area contributed by atoms with E-state index in [1.807, 2.05) is 25.1 Å². The Bertz CT molecular complexity index is 1080. The first-order valence-corrected chi connectivity index (χ1v) is 11.6. The summed E-state index contributed by atoms with van der Waals surface area (Å²) in [6, 6.07) is 8.74. The summed E-state index contributed by atoms with van der Waals surface area (Å²) in [7, 11) is 0. The van der Waals surface area contributed by atoms with Gasteiger partial charge in [0, 0.05) is 29.9 Å². The van der Waals surface area contributed by atoms with Crippen LogP contribution in [-0.4, -0.2) is 10.9 Å². The molecule has 30 heavy (non-hydrogen) atoms. The van der Waals surface area contributed by atoms with Crippen molar-refractivity contribution in [2.24, 2.45) is 0 Å². The summed E-state index contributed by atoms with van der Waals surface area (Å²) in [4.78, 5) is 13.4. The molecule has 0 atom stereocenters. The molecule has 0 aliphatic heterocycles. The maximum absolute atomic E-state index is 13.4. The second-order valence-corrected chi connectivity index (χ2v) is 8.88. The molecule has 3 aromatic rings. The second-order valence-electron chi connectivity index (χ2n) is 7.17. The maximum atomic E-state index is 13.4. The Morgan fingerprint density at radius 1 is 1.13 bits per heavy atom. The molecule has 0 fully saturated rings. The average molecular weight is 536 g/mol. The van der Waals surface area contributed by atoms with Crippen LogP contribution in [0.3, 0.4) is 0 Å². The van der Waals surface area contributed by atoms with E-state index < -0.39 is 0 Å². The lowest BCUT2D eigenvalue weighted by molar-refractivity contribution is 0.103. The fourth-order valence-electron chi connectivity index (χ4n) is 3.28. The van der Waals surface area contributed by atoms with Crippen LogP contribution in [0.25, 0.3) is 11.0 Å². The van der Waals surface area contributed by atoms with Crippen molar-refractivity contribution >= 4 is 48.6 Å². The van der Waals surface area contributed by atoms with E-state index in [4.69, 9.17) is 9.15 Å². The van der Waals surface area contributed by atoms with E-state index in [9.17, 15) is 9.90 Å². The third-order valence-corrected chi connectivity index (χ3v) is 6.00. The molecular formula is C24H24Br2O4. The molecule has 0 aliphatic rings. The van der Waals surface area contributed by atoms with E-state index in [0.29, 0.717) is 49.3 Å². The molecule has 0 bridgehead atoms. The Morgan fingerprint density at radius 3 is 2.47 bits per heavy atom. The van der Waals surface area contributed by atoms with Gasteiger partial charge in [-0.3, -0.25) is 4.79 Å². The van der Waals surface area contributed by atoms with E-state index in [0.717, 1.165) is 31.1 Å². The van der Waals surface area contributed by atoms with Gasteiger partial charge in [-0.2, -0.15) is 0 Å². The number of aromatic hydroxyl groups is 1. The monoisotopic (exact) mass is 534 g/mol. The number of carbonyl (C=O) groups is 1. The van der Waals surface area contributed by atoms with Crippen molar-refractivity contribution in [1.82, 2.24) is 0 Å². The lowest BCUT2D eigenvalue weighted by atomic mass is 9.98. The predicted octanol–water partition coefficient (Wildman–Crippen LogP) is 7.93. The highest BCUT2D eigenvalue weighted by molar-refractivity contribution is 9.11. The maximum Gasteiger partial charge on any atom is 0.197 e. The van der Waals surface area contributed by atoms with E-state index in [1.54, 1.807) is 12.1 Å². The van der Waals surface area contributed by atoms with E-state index in [2.05, 4.69) is 45.4 Å². The van der Waals surface area contributed by atoms with Gasteiger partial charge in [0.15, 0.2) is 5.78 Å². The molecule has 1 heterocycles. The Morgan fingerprint density at radius 2 is 1.83 bits per heavy atom. The SMILES string of the molecule is C=C(CCCC)Oc1ccc2c(C(=O)c3cc(Br)c(O)c(Br)c3)c(CCC)oc2c1. The summed E-state index contributed by atoms with van der Waals surface area (Å²) in [5.41, 5.74) is 1.62. The number of rotatable bonds is 9. The van der Waals surface area contributed by atoms with Gasteiger partial charge in [0.2, 0.25) is 0 Å². The van der Waals surface area contributed by atoms with Gasteiger partial charge < -0.3 is 14.3 Å². The molecule has 1 aromatic heterocycles. The third kappa shape index (κ3) is 4.81. The van der Waals surface area contributed by atoms with Gasteiger partial charge in [-0.05, 0) is 69.0 Å². The quantitative estimate of drug-likeness (QED) is 0.223. The van der Waals surface area contributed by atoms with Gasteiger partial charge in [0.05, 0.1) is 20.3 Å². The molecule has 2 aromatic carbocycles. The largest absolute Gasteiger partial charge is 0.506 e. The van der Waals surface area contributed by atoms with Gasteiger partial charge in [0.25, 0.3) is 0 Å². The number of furan rings is 1. The van der Waals surface area contributed by atoms with Gasteiger partial charge in [0.1, 0.15) is 22.8 Å². The Kier molecular flexibility index (Phi) is 7.42. The Hall–Kier alpha value is -2.05. The lowest BCUT2D eigenvalue weighted by Crippen LogP contribution is -2.04. The van der Waals surface area contributed by atoms with Gasteiger partial charge in [-0.1, -0.05) is 26.8 Å². The van der Waals surface area contributed by atoms with Crippen molar-refractivity contribution in [3.63, 3.8) is 0 Å². The van der Waals surface area contributed by atoms with Gasteiger partial charge >= 0.3 is 0 Å². The number of hydrogen-bond acceptors (Lipinski definition) is 4. The molecule has 0 aliphatic carbocycles. The van der Waals surface area contributed by atoms with E-state index in [-0.39, 0.29) is 11.5 Å². The number of benzene rings is 2. The molecule has 0 radical (unpaired) electrons. The third-order valence-electron chi connectivity index (χ3n) is 4.79. The number of ketones is 1. The summed E-state index contributed by atoms with van der Waals surface area (Å²) >= 11 is 6.59. The molecule has 4 nitrogen and oxygen atoms in total. The van der Waals surface area contributed by atoms with E-state index in [1.165, 1.54) is 0 Å². The standard InChI is InChI=1S/C24H24Br2O4/c1-4-6-8-14(3)29-16-9-10-17-21(13-16)30-20(7-5-2)22(17)23(27)15-11-18(25)24(28)19(26)12-15/h9-13,28H,3-8H2,1-2H3. The number of carbonyl (C=O) groups excluding carboxylic acids is 1. The van der Waals surface area contributed by atoms with Crippen LogP contribution in [0.4, 0.5) is 0 Å². The van der Waals surface area contributed by atoms with Crippen LogP contribution >= 0.6 is 31.9 Å². The highest BCUT2D eigenvalue weighted by Crippen LogP contribution is 2.36. The smallest absolute Gasteiger partial charge is 0.197 e. The van der Waals surface area contributed by atoms with Crippen molar-refractivity contribution in [2.45, 2.75) is 46.0 Å². The van der Waals surface area contributed by atoms with Crippen LogP contribution in [0.15, 0.2) is 56.0 Å². The van der Waals surface area contributed by atoms with Crippen molar-refractivity contribution in [1.29, 1.82) is 0 Å². The van der Waals surface area contributed by atoms with Crippen LogP contribution in [0.1, 0.15) is 61.2 Å². The minimum Gasteiger partial charge on any atom is -0.506 e. The summed E-state index contributed by atoms with van der Waals surface area (Å²) in [5.74, 6) is 1.92. The molecule has 1 N–H and O–H groups in total. The summed E-state index contributed by atoms with van der Waals surface area (Å²) in [5, 5.41) is 10.7. The van der Waals surface area contributed by atoms with Gasteiger partial charge in [-0.25, -0.2) is 0 Å². The summed E-state index contributed by atoms with van der Waals surface area (Å²) in [6.07, 6.45) is 4.41. The van der Waals surface area contributed by atoms with Gasteiger partial charge in [-0.15, -0.1) is 0 Å². The Balaban J connectivity index is 2.02. The fraction of sp³-hybridized carbons (Fsp3) is 0.292. The minimum atomic E-state index is -0.153. The Labute approximate surface area is 193 Å². The second kappa shape index (κ2) is 9.84. The summed E-state index contributed by atoms with van der Waals surface area (Å²) in [6.45, 7) is 8.14. The molecule has 6 heteroatoms. The van der Waals surface area contributed by atoms with E-state index >= 15 is 0 Å². The zero-order chi connectivity index (χ0) is 21.8. The molecule has 0 amide bonds. The van der Waals surface area contributed by atoms with Crippen LogP contribution in [0, 0.1) is 0 Å². The molecule has 3 rings (SSSR count). The minimum absolute atomic E-state index is 0.0578. The molecule has 0 saturated heterocycles. The number of phenols is 1. The van der Waals surface area contributed by atoms with Crippen molar-refractivity contribution in [3.8, 4) is 11.5 Å². The highest BCUT2D eigenvalue weighted by Gasteiger charge is 2.23. The number of ether oxygens (including phenoxy) is 1. The number of halogens is 2. The van der Waals surface area contributed by atoms with Crippen LogP contribution in [-0.2, 0) is 6.42 Å². The molecule has 0 saturated carbocycles. The topological polar surface area (TPSA) is 59.7 Å². The summed E-state index contributed by atoms with van der Waals surface area (Å²) < 4.78 is 12.8. The molecule has 158 valence electrons. The molecular weight excluding hydrogens is 512 g/mol. The van der Waals surface area contributed by atoms with Crippen LogP contribution in [0.2, 0.25) is 0 Å². The molecule has 0 spiro atoms. The predicted molar refractivity (Wildman–Crippen MR) is 126 cm³/mol. The lowest BCUT2D eigenvalue weighted by Gasteiger charge is -2.08. The van der Waals surface area contributed by atoms with Crippen LogP contribution in [0.5, 0.6) is 11.5 Å². The number of allylic oxidation sites excluding steroid dienone is 1. The first-order chi connectivity index (χ1) is 14.3. The number of phenolic OH excluding ortho intramolecular Hbond substituents is 1. The molecule has 0 unspecified atom stereocenters. The number of hydrogen-bond donors (Lipinski definition) is 1. The first-order valence-electron chi connectivity index (χ1n) is 9.99. The number of unbranched alkanes of at least 4 members (excludes halogenated alkanes) is 1. The van der Waals surface area contributed by atoms with Crippen LogP contribution < -0.4 is 4.74 Å². The zero-order valence-corrected chi connectivity index (χ0v) is 20.2. The van der Waals surface area contributed by atoms with Crippen molar-refractivity contribution < 1.29 is 19.1 Å². The highest BCUT2D eigenvalue weighted by atomic mass is 79.9. The fourth-order valence-corrected chi connectivity index (χ4v) is 4.46. The zero-order valence-electron chi connectivity index (χ0n) is 17.1. The number of aryl methyl sites for hydroxylation is 1. The number of fused-ring (bicyclic) bond motifs is 1. The normalized spacial score (nSPS) is 11.1. The average Bonchev–Trinajstić information content (AvgIpc) is 3.06. The van der Waals surface area contributed by atoms with Crippen molar-refractivity contribution in [2.75, 3.05) is 0 Å². The first kappa shape index (κ1) is 22.6.